The zero-order valence-electron chi connectivity index (χ0n) is 50.0. The monoisotopic (exact) mass is 1210 g/mol. The molecule has 11 heteroatoms. The molecule has 442 valence electrons. The number of hydrogen-bond acceptors (Lipinski definition) is 6. The fraction of sp³-hybridized carbons (Fsp3) is 0.0120. The zero-order valence-corrected chi connectivity index (χ0v) is 50.0. The van der Waals surface area contributed by atoms with Crippen molar-refractivity contribution >= 4 is 43.6 Å². The van der Waals surface area contributed by atoms with Gasteiger partial charge in [-0.05, 0) is 103 Å². The van der Waals surface area contributed by atoms with Crippen molar-refractivity contribution in [3.63, 3.8) is 0 Å². The van der Waals surface area contributed by atoms with Crippen LogP contribution in [0.1, 0.15) is 16.7 Å². The molecule has 6 heterocycles. The van der Waals surface area contributed by atoms with Crippen molar-refractivity contribution in [1.29, 1.82) is 10.5 Å². The molecule has 0 amide bonds. The Kier molecular flexibility index (Phi) is 13.9. The number of pyridine rings is 4. The minimum Gasteiger partial charge on any atom is -0.308 e. The average Bonchev–Trinajstić information content (AvgIpc) is 1.53. The number of nitriles is 2. The van der Waals surface area contributed by atoms with E-state index in [1.807, 2.05) is 276 Å². The summed E-state index contributed by atoms with van der Waals surface area (Å²) >= 11 is 0. The van der Waals surface area contributed by atoms with Crippen LogP contribution in [0, 0.1) is 22.7 Å². The molecule has 6 aromatic heterocycles. The van der Waals surface area contributed by atoms with Gasteiger partial charge in [0.1, 0.15) is 11.6 Å². The second kappa shape index (κ2) is 23.2. The van der Waals surface area contributed by atoms with Gasteiger partial charge in [-0.1, -0.05) is 200 Å². The van der Waals surface area contributed by atoms with Gasteiger partial charge < -0.3 is 9.13 Å². The molecule has 8 nitrogen and oxygen atoms in total. The van der Waals surface area contributed by atoms with E-state index in [1.54, 1.807) is 12.1 Å². The summed E-state index contributed by atoms with van der Waals surface area (Å²) in [5.74, 6) is 0. The molecule has 0 aliphatic heterocycles. The van der Waals surface area contributed by atoms with E-state index in [9.17, 15) is 10.5 Å². The van der Waals surface area contributed by atoms with Gasteiger partial charge in [0, 0.05) is 71.6 Å². The molecular formula is C83H49F3N8. The van der Waals surface area contributed by atoms with Gasteiger partial charge in [-0.25, -0.2) is 19.9 Å². The van der Waals surface area contributed by atoms with Crippen molar-refractivity contribution in [3.8, 4) is 125 Å². The van der Waals surface area contributed by atoms with Gasteiger partial charge in [0.05, 0.1) is 96.2 Å². The number of fused-ring (bicyclic) bond motifs is 6. The molecule has 10 aromatic carbocycles. The van der Waals surface area contributed by atoms with Gasteiger partial charge in [0.25, 0.3) is 0 Å². The largest absolute Gasteiger partial charge is 0.417 e. The molecule has 0 atom stereocenters. The highest BCUT2D eigenvalue weighted by molar-refractivity contribution is 6.13. The summed E-state index contributed by atoms with van der Waals surface area (Å²) in [6.07, 6.45) is -4.91. The van der Waals surface area contributed by atoms with Crippen LogP contribution in [0.4, 0.5) is 13.2 Å². The van der Waals surface area contributed by atoms with Gasteiger partial charge in [-0.2, -0.15) is 23.7 Å². The van der Waals surface area contributed by atoms with Gasteiger partial charge >= 0.3 is 6.18 Å². The third-order valence-corrected chi connectivity index (χ3v) is 17.5. The molecule has 0 N–H and O–H groups in total. The minimum absolute atomic E-state index is 0.0574. The maximum atomic E-state index is 16.0. The summed E-state index contributed by atoms with van der Waals surface area (Å²) < 4.78 is 51.8. The lowest BCUT2D eigenvalue weighted by Crippen LogP contribution is -2.10. The highest BCUT2D eigenvalue weighted by Gasteiger charge is 2.36. The Morgan fingerprint density at radius 1 is 0.277 bits per heavy atom. The summed E-state index contributed by atoms with van der Waals surface area (Å²) in [6, 6.07) is 99.3. The molecule has 0 unspecified atom stereocenters. The van der Waals surface area contributed by atoms with Crippen LogP contribution in [0.2, 0.25) is 0 Å². The Balaban J connectivity index is 1.02. The van der Waals surface area contributed by atoms with Crippen molar-refractivity contribution in [2.75, 3.05) is 0 Å². The SMILES string of the molecule is N#Cc1cccc(C(F)(F)F)c1-c1cc(-n2c3cc(-c4cccc(-c5ccccc5)n4)ccc3c3ccc(-c4cccc(-c5ccccc5)n4)cc32)c(C#N)c(-n2c3cc(-c4cccc(-c5ccccc5)n4)ccc3c3ccc(-c4cccc(-c5ccccc5)n4)cc32)c1. The molecule has 0 saturated carbocycles. The molecule has 16 rings (SSSR count). The highest BCUT2D eigenvalue weighted by atomic mass is 19.4. The zero-order chi connectivity index (χ0) is 63.4. The number of benzene rings is 10. The van der Waals surface area contributed by atoms with Gasteiger partial charge in [-0.15, -0.1) is 0 Å². The van der Waals surface area contributed by atoms with E-state index in [-0.39, 0.29) is 33.6 Å². The average molecular weight is 1220 g/mol. The predicted molar refractivity (Wildman–Crippen MR) is 370 cm³/mol. The smallest absolute Gasteiger partial charge is 0.308 e. The summed E-state index contributed by atoms with van der Waals surface area (Å²) in [5, 5.41) is 26.6. The Morgan fingerprint density at radius 2 is 0.564 bits per heavy atom. The van der Waals surface area contributed by atoms with E-state index in [1.165, 1.54) is 12.1 Å². The normalized spacial score (nSPS) is 11.5. The third-order valence-electron chi connectivity index (χ3n) is 17.5. The van der Waals surface area contributed by atoms with E-state index in [0.717, 1.165) is 94.9 Å². The van der Waals surface area contributed by atoms with E-state index in [2.05, 4.69) is 12.1 Å². The van der Waals surface area contributed by atoms with Crippen molar-refractivity contribution in [1.82, 2.24) is 29.1 Å². The first kappa shape index (κ1) is 56.4. The maximum Gasteiger partial charge on any atom is 0.417 e. The molecule has 0 saturated heterocycles. The van der Waals surface area contributed by atoms with E-state index >= 15 is 13.2 Å². The first-order valence-electron chi connectivity index (χ1n) is 30.6. The first-order valence-corrected chi connectivity index (χ1v) is 30.6. The summed E-state index contributed by atoms with van der Waals surface area (Å²) in [5.41, 5.74) is 14.4. The quantitative estimate of drug-likeness (QED) is 0.128. The van der Waals surface area contributed by atoms with Crippen molar-refractivity contribution in [3.05, 3.63) is 314 Å². The van der Waals surface area contributed by atoms with Gasteiger partial charge in [0.2, 0.25) is 0 Å². The molecule has 0 radical (unpaired) electrons. The molecule has 0 fully saturated rings. The van der Waals surface area contributed by atoms with E-state index < -0.39 is 11.7 Å². The second-order valence-corrected chi connectivity index (χ2v) is 23.0. The topological polar surface area (TPSA) is 109 Å². The van der Waals surface area contributed by atoms with Crippen LogP contribution in [0.25, 0.3) is 156 Å². The second-order valence-electron chi connectivity index (χ2n) is 23.0. The third kappa shape index (κ3) is 10.1. The fourth-order valence-electron chi connectivity index (χ4n) is 13.1. The summed E-state index contributed by atoms with van der Waals surface area (Å²) in [7, 11) is 0. The minimum atomic E-state index is -4.91. The standard InChI is InChI=1S/C83H49F3N8/c84-83(85,86)67-27-13-26-60(50-87)82(67)61-48-80(93-76-44-56(72-32-14-28-68(89-72)52-18-5-1-6-19-52)36-40-62(76)63-41-37-57(45-77(63)93)73-33-15-29-69(90-73)53-20-7-2-8-21-53)66(51-88)81(49-61)94-78-46-58(74-34-16-30-70(91-74)54-22-9-3-10-23-54)38-42-64(78)65-43-39-59(47-79(65)94)75-35-17-31-71(92-75)55-24-11-4-12-25-55/h1-49H. The van der Waals surface area contributed by atoms with Crippen LogP contribution < -0.4 is 0 Å². The number of rotatable bonds is 11. The molecule has 0 aliphatic carbocycles. The van der Waals surface area contributed by atoms with Gasteiger partial charge in [-0.3, -0.25) is 0 Å². The molecule has 16 aromatic rings. The summed E-state index contributed by atoms with van der Waals surface area (Å²) in [6.45, 7) is 0. The van der Waals surface area contributed by atoms with Crippen molar-refractivity contribution in [2.45, 2.75) is 6.18 Å². The first-order chi connectivity index (χ1) is 46.1. The molecule has 0 aliphatic rings. The van der Waals surface area contributed by atoms with Crippen LogP contribution in [0.5, 0.6) is 0 Å². The number of alkyl halides is 3. The van der Waals surface area contributed by atoms with Crippen LogP contribution in [-0.4, -0.2) is 29.1 Å². The van der Waals surface area contributed by atoms with Gasteiger partial charge in [0.15, 0.2) is 0 Å². The Hall–Kier alpha value is -12.8. The highest BCUT2D eigenvalue weighted by Crippen LogP contribution is 2.46. The van der Waals surface area contributed by atoms with Crippen LogP contribution in [-0.2, 0) is 6.18 Å². The Labute approximate surface area is 538 Å². The molecular weight excluding hydrogens is 1170 g/mol. The van der Waals surface area contributed by atoms with Crippen molar-refractivity contribution in [2.24, 2.45) is 0 Å². The fourth-order valence-corrected chi connectivity index (χ4v) is 13.1. The molecule has 0 spiro atoms. The Bertz CT molecular complexity index is 5160. The lowest BCUT2D eigenvalue weighted by molar-refractivity contribution is -0.137. The maximum absolute atomic E-state index is 16.0. The Morgan fingerprint density at radius 3 is 0.840 bits per heavy atom. The molecule has 0 bridgehead atoms. The lowest BCUT2D eigenvalue weighted by Gasteiger charge is -2.21. The summed E-state index contributed by atoms with van der Waals surface area (Å²) in [4.78, 5) is 20.7. The van der Waals surface area contributed by atoms with Crippen LogP contribution in [0.15, 0.2) is 297 Å². The molecule has 94 heavy (non-hydrogen) atoms. The van der Waals surface area contributed by atoms with E-state index in [4.69, 9.17) is 19.9 Å². The number of aromatic nitrogens is 6. The van der Waals surface area contributed by atoms with Crippen LogP contribution in [0.3, 0.4) is 0 Å². The number of hydrogen-bond donors (Lipinski definition) is 0. The lowest BCUT2D eigenvalue weighted by atomic mass is 9.92. The van der Waals surface area contributed by atoms with Crippen molar-refractivity contribution < 1.29 is 13.2 Å². The predicted octanol–water partition coefficient (Wildman–Crippen LogP) is 21.2. The number of halogens is 3. The van der Waals surface area contributed by atoms with Crippen LogP contribution >= 0.6 is 0 Å². The van der Waals surface area contributed by atoms with E-state index in [0.29, 0.717) is 44.8 Å². The number of nitrogens with zero attached hydrogens (tertiary/aromatic N) is 8.